The smallest absolute Gasteiger partial charge is 0.242 e. The summed E-state index contributed by atoms with van der Waals surface area (Å²) < 4.78 is 0. The first-order valence-electron chi connectivity index (χ1n) is 9.02. The fourth-order valence-corrected chi connectivity index (χ4v) is 4.99. The van der Waals surface area contributed by atoms with Gasteiger partial charge in [0.05, 0.1) is 0 Å². The third-order valence-corrected chi connectivity index (χ3v) is 6.64. The minimum absolute atomic E-state index is 0.0791. The Bertz CT molecular complexity index is 677. The van der Waals surface area contributed by atoms with Crippen LogP contribution in [0.3, 0.4) is 0 Å². The topological polar surface area (TPSA) is 60.9 Å². The summed E-state index contributed by atoms with van der Waals surface area (Å²) in [4.78, 5) is 42.8. The molecular weight excluding hydrogens is 338 g/mol. The lowest BCUT2D eigenvalue weighted by Crippen LogP contribution is -2.50. The number of hydrogen-bond donors (Lipinski definition) is 0. The van der Waals surface area contributed by atoms with Gasteiger partial charge in [0.2, 0.25) is 17.7 Å². The van der Waals surface area contributed by atoms with Crippen LogP contribution < -0.4 is 0 Å². The Balaban J connectivity index is 1.29. The van der Waals surface area contributed by atoms with E-state index in [9.17, 15) is 14.4 Å². The molecule has 0 radical (unpaired) electrons. The average molecular weight is 361 g/mol. The number of fused-ring (bicyclic) bond motifs is 1. The number of nitrogens with zero attached hydrogens (tertiary/aromatic N) is 3. The van der Waals surface area contributed by atoms with Gasteiger partial charge in [-0.3, -0.25) is 24.2 Å². The van der Waals surface area contributed by atoms with Gasteiger partial charge in [0, 0.05) is 49.9 Å². The predicted molar refractivity (Wildman–Crippen MR) is 94.0 cm³/mol. The second-order valence-corrected chi connectivity index (χ2v) is 8.08. The maximum Gasteiger partial charge on any atom is 0.242 e. The summed E-state index contributed by atoms with van der Waals surface area (Å²) in [6.07, 6.45) is 3.55. The maximum atomic E-state index is 12.4. The minimum Gasteiger partial charge on any atom is -0.341 e. The molecule has 1 aromatic heterocycles. The molecule has 0 saturated carbocycles. The zero-order chi connectivity index (χ0) is 17.4. The van der Waals surface area contributed by atoms with Gasteiger partial charge in [0.25, 0.3) is 0 Å². The average Bonchev–Trinajstić information content (AvgIpc) is 3.22. The minimum atomic E-state index is -0.215. The highest BCUT2D eigenvalue weighted by Gasteiger charge is 2.34. The van der Waals surface area contributed by atoms with E-state index in [1.54, 1.807) is 0 Å². The Kier molecular flexibility index (Phi) is 4.60. The third-order valence-electron chi connectivity index (χ3n) is 5.62. The Hall–Kier alpha value is -1.73. The number of hydrogen-bond acceptors (Lipinski definition) is 5. The summed E-state index contributed by atoms with van der Waals surface area (Å²) in [6, 6.07) is 2.75. The van der Waals surface area contributed by atoms with Crippen molar-refractivity contribution in [2.75, 3.05) is 26.2 Å². The molecular formula is C18H23N3O3S. The van der Waals surface area contributed by atoms with Crippen LogP contribution in [0.4, 0.5) is 0 Å². The van der Waals surface area contributed by atoms with Crippen molar-refractivity contribution in [3.63, 3.8) is 0 Å². The zero-order valence-electron chi connectivity index (χ0n) is 14.3. The van der Waals surface area contributed by atoms with Crippen molar-refractivity contribution in [2.45, 2.75) is 44.7 Å². The molecule has 4 rings (SSSR count). The number of imide groups is 1. The molecule has 3 amide bonds. The quantitative estimate of drug-likeness (QED) is 0.760. The second-order valence-electron chi connectivity index (χ2n) is 7.08. The van der Waals surface area contributed by atoms with E-state index in [-0.39, 0.29) is 37.1 Å². The summed E-state index contributed by atoms with van der Waals surface area (Å²) in [5.74, 6) is -0.526. The van der Waals surface area contributed by atoms with Crippen molar-refractivity contribution in [2.24, 2.45) is 0 Å². The molecule has 1 aromatic rings. The number of carbonyl (C=O) groups excluding carboxylic acids is 3. The molecule has 3 aliphatic rings. The lowest BCUT2D eigenvalue weighted by molar-refractivity contribution is -0.146. The normalized spacial score (nSPS) is 22.6. The third kappa shape index (κ3) is 3.35. The first kappa shape index (κ1) is 16.7. The lowest BCUT2D eigenvalue weighted by atomic mass is 9.99. The lowest BCUT2D eigenvalue weighted by Gasteiger charge is -2.40. The molecule has 0 spiro atoms. The van der Waals surface area contributed by atoms with Gasteiger partial charge in [-0.25, -0.2) is 0 Å². The standard InChI is InChI=1S/C18H23N3O3S/c22-16-1-2-17(23)21(16)12-18(24)19-7-3-14(4-8-19)20-9-5-15-13(11-20)6-10-25-15/h6,10,14H,1-5,7-9,11-12H2. The molecule has 4 heterocycles. The molecule has 7 heteroatoms. The molecule has 0 atom stereocenters. The van der Waals surface area contributed by atoms with Crippen molar-refractivity contribution in [3.05, 3.63) is 21.9 Å². The SMILES string of the molecule is O=C(CN1C(=O)CCC1=O)N1CCC(N2CCc3sccc3C2)CC1. The van der Waals surface area contributed by atoms with E-state index in [4.69, 9.17) is 0 Å². The van der Waals surface area contributed by atoms with Crippen LogP contribution in [-0.4, -0.2) is 64.6 Å². The van der Waals surface area contributed by atoms with Crippen LogP contribution in [0, 0.1) is 0 Å². The van der Waals surface area contributed by atoms with Crippen LogP contribution in [0.25, 0.3) is 0 Å². The van der Waals surface area contributed by atoms with E-state index in [1.807, 2.05) is 16.2 Å². The van der Waals surface area contributed by atoms with Crippen LogP contribution in [0.5, 0.6) is 0 Å². The molecule has 0 aliphatic carbocycles. The van der Waals surface area contributed by atoms with Gasteiger partial charge >= 0.3 is 0 Å². The molecule has 0 unspecified atom stereocenters. The summed E-state index contributed by atoms with van der Waals surface area (Å²) in [5.41, 5.74) is 1.46. The van der Waals surface area contributed by atoms with Gasteiger partial charge < -0.3 is 4.90 Å². The van der Waals surface area contributed by atoms with Gasteiger partial charge in [-0.15, -0.1) is 11.3 Å². The summed E-state index contributed by atoms with van der Waals surface area (Å²) >= 11 is 1.85. The molecule has 134 valence electrons. The monoisotopic (exact) mass is 361 g/mol. The van der Waals surface area contributed by atoms with Crippen molar-refractivity contribution in [1.29, 1.82) is 0 Å². The van der Waals surface area contributed by atoms with E-state index in [1.165, 1.54) is 10.4 Å². The molecule has 25 heavy (non-hydrogen) atoms. The number of rotatable bonds is 3. The fourth-order valence-electron chi connectivity index (χ4n) is 4.10. The maximum absolute atomic E-state index is 12.4. The van der Waals surface area contributed by atoms with Crippen LogP contribution in [0.1, 0.15) is 36.1 Å². The summed E-state index contributed by atoms with van der Waals surface area (Å²) in [6.45, 7) is 3.47. The first-order chi connectivity index (χ1) is 12.1. The highest BCUT2D eigenvalue weighted by atomic mass is 32.1. The Labute approximate surface area is 151 Å². The fraction of sp³-hybridized carbons (Fsp3) is 0.611. The van der Waals surface area contributed by atoms with Crippen LogP contribution in [0.2, 0.25) is 0 Å². The summed E-state index contributed by atoms with van der Waals surface area (Å²) in [5, 5.41) is 2.18. The van der Waals surface area contributed by atoms with E-state index < -0.39 is 0 Å². The van der Waals surface area contributed by atoms with Crippen molar-refractivity contribution < 1.29 is 14.4 Å². The van der Waals surface area contributed by atoms with E-state index >= 15 is 0 Å². The van der Waals surface area contributed by atoms with Crippen molar-refractivity contribution >= 4 is 29.1 Å². The number of carbonyl (C=O) groups is 3. The zero-order valence-corrected chi connectivity index (χ0v) is 15.1. The van der Waals surface area contributed by atoms with Gasteiger partial charge in [0.1, 0.15) is 6.54 Å². The highest BCUT2D eigenvalue weighted by molar-refractivity contribution is 7.10. The van der Waals surface area contributed by atoms with E-state index in [0.717, 1.165) is 37.3 Å². The summed E-state index contributed by atoms with van der Waals surface area (Å²) in [7, 11) is 0. The van der Waals surface area contributed by atoms with Gasteiger partial charge in [-0.1, -0.05) is 0 Å². The van der Waals surface area contributed by atoms with Crippen molar-refractivity contribution in [1.82, 2.24) is 14.7 Å². The number of piperidine rings is 1. The van der Waals surface area contributed by atoms with Crippen molar-refractivity contribution in [3.8, 4) is 0 Å². The Morgan fingerprint density at radius 3 is 2.52 bits per heavy atom. The van der Waals surface area contributed by atoms with Crippen LogP contribution in [0.15, 0.2) is 11.4 Å². The van der Waals surface area contributed by atoms with Crippen LogP contribution >= 0.6 is 11.3 Å². The molecule has 0 aromatic carbocycles. The predicted octanol–water partition coefficient (Wildman–Crippen LogP) is 1.25. The Morgan fingerprint density at radius 2 is 1.80 bits per heavy atom. The Morgan fingerprint density at radius 1 is 1.08 bits per heavy atom. The van der Waals surface area contributed by atoms with Gasteiger partial charge in [-0.05, 0) is 36.3 Å². The molecule has 0 N–H and O–H groups in total. The molecule has 2 fully saturated rings. The van der Waals surface area contributed by atoms with Gasteiger partial charge in [0.15, 0.2) is 0 Å². The number of thiophene rings is 1. The van der Waals surface area contributed by atoms with E-state index in [0.29, 0.717) is 19.1 Å². The molecule has 2 saturated heterocycles. The number of amides is 3. The van der Waals surface area contributed by atoms with Gasteiger partial charge in [-0.2, -0.15) is 0 Å². The highest BCUT2D eigenvalue weighted by Crippen LogP contribution is 2.28. The molecule has 3 aliphatic heterocycles. The van der Waals surface area contributed by atoms with E-state index in [2.05, 4.69) is 16.3 Å². The second kappa shape index (κ2) is 6.88. The molecule has 6 nitrogen and oxygen atoms in total. The first-order valence-corrected chi connectivity index (χ1v) is 9.90. The largest absolute Gasteiger partial charge is 0.341 e. The number of likely N-dealkylation sites (tertiary alicyclic amines) is 2. The molecule has 0 bridgehead atoms. The van der Waals surface area contributed by atoms with Crippen LogP contribution in [-0.2, 0) is 27.3 Å².